The zero-order valence-corrected chi connectivity index (χ0v) is 9.94. The molecule has 0 unspecified atom stereocenters. The van der Waals surface area contributed by atoms with Gasteiger partial charge in [0.15, 0.2) is 0 Å². The predicted molar refractivity (Wildman–Crippen MR) is 61.1 cm³/mol. The van der Waals surface area contributed by atoms with Crippen LogP contribution >= 0.6 is 23.2 Å². The van der Waals surface area contributed by atoms with Gasteiger partial charge < -0.3 is 0 Å². The number of hydrogen-bond acceptors (Lipinski definition) is 1. The fourth-order valence-electron chi connectivity index (χ4n) is 1.28. The minimum absolute atomic E-state index is 0.661. The summed E-state index contributed by atoms with van der Waals surface area (Å²) in [5, 5.41) is 5.00. The quantitative estimate of drug-likeness (QED) is 0.577. The number of aromatic nitrogens is 2. The summed E-state index contributed by atoms with van der Waals surface area (Å²) < 4.78 is 1.82. The van der Waals surface area contributed by atoms with Crippen molar-refractivity contribution in [2.24, 2.45) is 7.05 Å². The molecule has 0 spiro atoms. The van der Waals surface area contributed by atoms with Gasteiger partial charge in [0.05, 0.1) is 16.4 Å². The first-order valence-corrected chi connectivity index (χ1v) is 5.47. The van der Waals surface area contributed by atoms with Crippen LogP contribution in [0, 0.1) is 6.92 Å². The SMILES string of the molecule is Cc1nn(C)c(CC=CCCCl)c1Cl. The molecule has 0 radical (unpaired) electrons. The van der Waals surface area contributed by atoms with Crippen LogP contribution in [0.5, 0.6) is 0 Å². The molecule has 0 aliphatic rings. The number of alkyl halides is 1. The van der Waals surface area contributed by atoms with Gasteiger partial charge in [0, 0.05) is 19.3 Å². The van der Waals surface area contributed by atoms with Crippen molar-refractivity contribution in [2.45, 2.75) is 19.8 Å². The van der Waals surface area contributed by atoms with Crippen molar-refractivity contribution in [3.63, 3.8) is 0 Å². The Hall–Kier alpha value is -0.470. The number of hydrogen-bond donors (Lipinski definition) is 0. The first-order chi connectivity index (χ1) is 6.66. The highest BCUT2D eigenvalue weighted by atomic mass is 35.5. The Labute approximate surface area is 94.5 Å². The minimum Gasteiger partial charge on any atom is -0.271 e. The van der Waals surface area contributed by atoms with Gasteiger partial charge >= 0.3 is 0 Å². The molecule has 1 rings (SSSR count). The Morgan fingerprint density at radius 3 is 2.64 bits per heavy atom. The van der Waals surface area contributed by atoms with E-state index in [9.17, 15) is 0 Å². The smallest absolute Gasteiger partial charge is 0.0850 e. The van der Waals surface area contributed by atoms with Gasteiger partial charge in [0.2, 0.25) is 0 Å². The summed E-state index contributed by atoms with van der Waals surface area (Å²) >= 11 is 11.6. The Morgan fingerprint density at radius 1 is 1.43 bits per heavy atom. The van der Waals surface area contributed by atoms with Crippen molar-refractivity contribution in [1.29, 1.82) is 0 Å². The van der Waals surface area contributed by atoms with Gasteiger partial charge in [-0.2, -0.15) is 5.10 Å². The molecular formula is C10H14Cl2N2. The summed E-state index contributed by atoms with van der Waals surface area (Å²) in [5.41, 5.74) is 1.94. The van der Waals surface area contributed by atoms with Crippen LogP contribution in [-0.4, -0.2) is 15.7 Å². The molecule has 0 aromatic carbocycles. The molecule has 78 valence electrons. The molecule has 0 atom stereocenters. The third-order valence-corrected chi connectivity index (χ3v) is 2.73. The molecule has 0 saturated heterocycles. The summed E-state index contributed by atoms with van der Waals surface area (Å²) in [7, 11) is 1.91. The summed E-state index contributed by atoms with van der Waals surface area (Å²) in [4.78, 5) is 0. The van der Waals surface area contributed by atoms with Gasteiger partial charge in [-0.25, -0.2) is 0 Å². The van der Waals surface area contributed by atoms with E-state index in [1.165, 1.54) is 0 Å². The van der Waals surface area contributed by atoms with Gasteiger partial charge in [-0.05, 0) is 13.3 Å². The lowest BCUT2D eigenvalue weighted by molar-refractivity contribution is 0.719. The van der Waals surface area contributed by atoms with E-state index >= 15 is 0 Å². The molecule has 4 heteroatoms. The average molecular weight is 233 g/mol. The second-order valence-electron chi connectivity index (χ2n) is 3.12. The first kappa shape index (κ1) is 11.6. The van der Waals surface area contributed by atoms with E-state index in [4.69, 9.17) is 23.2 Å². The third kappa shape index (κ3) is 2.76. The maximum absolute atomic E-state index is 6.08. The fourth-order valence-corrected chi connectivity index (χ4v) is 1.64. The lowest BCUT2D eigenvalue weighted by atomic mass is 10.2. The summed E-state index contributed by atoms with van der Waals surface area (Å²) in [6.45, 7) is 1.91. The van der Waals surface area contributed by atoms with Crippen LogP contribution < -0.4 is 0 Å². The van der Waals surface area contributed by atoms with Crippen molar-refractivity contribution >= 4 is 23.2 Å². The maximum atomic E-state index is 6.08. The van der Waals surface area contributed by atoms with Crippen LogP contribution in [0.25, 0.3) is 0 Å². The zero-order valence-electron chi connectivity index (χ0n) is 8.43. The van der Waals surface area contributed by atoms with Crippen LogP contribution in [0.15, 0.2) is 12.2 Å². The van der Waals surface area contributed by atoms with E-state index in [2.05, 4.69) is 17.3 Å². The predicted octanol–water partition coefficient (Wildman–Crippen LogP) is 3.11. The molecule has 2 nitrogen and oxygen atoms in total. The number of halogens is 2. The largest absolute Gasteiger partial charge is 0.271 e. The Balaban J connectivity index is 2.67. The van der Waals surface area contributed by atoms with E-state index in [1.807, 2.05) is 18.7 Å². The van der Waals surface area contributed by atoms with Crippen LogP contribution in [-0.2, 0) is 13.5 Å². The van der Waals surface area contributed by atoms with E-state index in [1.54, 1.807) is 0 Å². The van der Waals surface area contributed by atoms with E-state index in [-0.39, 0.29) is 0 Å². The molecular weight excluding hydrogens is 219 g/mol. The normalized spacial score (nSPS) is 11.4. The first-order valence-electron chi connectivity index (χ1n) is 4.55. The third-order valence-electron chi connectivity index (χ3n) is 2.02. The van der Waals surface area contributed by atoms with Crippen molar-refractivity contribution in [2.75, 3.05) is 5.88 Å². The molecule has 1 aromatic heterocycles. The molecule has 0 aliphatic carbocycles. The molecule has 0 aliphatic heterocycles. The Kier molecular flexibility index (Phi) is 4.49. The Morgan fingerprint density at radius 2 is 2.14 bits per heavy atom. The standard InChI is InChI=1S/C10H14Cl2N2/c1-8-10(12)9(14(2)13-8)6-4-3-5-7-11/h3-4H,5-7H2,1-2H3. The van der Waals surface area contributed by atoms with Crippen LogP contribution in [0.1, 0.15) is 17.8 Å². The highest BCUT2D eigenvalue weighted by Gasteiger charge is 2.08. The monoisotopic (exact) mass is 232 g/mol. The second-order valence-corrected chi connectivity index (χ2v) is 3.88. The van der Waals surface area contributed by atoms with Crippen LogP contribution in [0.4, 0.5) is 0 Å². The van der Waals surface area contributed by atoms with Gasteiger partial charge in [-0.15, -0.1) is 11.6 Å². The molecule has 0 fully saturated rings. The topological polar surface area (TPSA) is 17.8 Å². The van der Waals surface area contributed by atoms with Crippen molar-refractivity contribution in [3.05, 3.63) is 28.6 Å². The lowest BCUT2D eigenvalue weighted by Crippen LogP contribution is -1.96. The fraction of sp³-hybridized carbons (Fsp3) is 0.500. The molecule has 0 amide bonds. The van der Waals surface area contributed by atoms with Gasteiger partial charge in [-0.1, -0.05) is 23.8 Å². The van der Waals surface area contributed by atoms with E-state index < -0.39 is 0 Å². The number of allylic oxidation sites excluding steroid dienone is 2. The maximum Gasteiger partial charge on any atom is 0.0850 e. The second kappa shape index (κ2) is 5.42. The molecule has 14 heavy (non-hydrogen) atoms. The van der Waals surface area contributed by atoms with Crippen molar-refractivity contribution < 1.29 is 0 Å². The number of rotatable bonds is 4. The highest BCUT2D eigenvalue weighted by molar-refractivity contribution is 6.31. The van der Waals surface area contributed by atoms with Gasteiger partial charge in [-0.3, -0.25) is 4.68 Å². The Bertz CT molecular complexity index is 329. The summed E-state index contributed by atoms with van der Waals surface area (Å²) in [6, 6.07) is 0. The van der Waals surface area contributed by atoms with Crippen molar-refractivity contribution in [1.82, 2.24) is 9.78 Å². The minimum atomic E-state index is 0.661. The van der Waals surface area contributed by atoms with Crippen LogP contribution in [0.3, 0.4) is 0 Å². The number of nitrogens with zero attached hydrogens (tertiary/aromatic N) is 2. The van der Waals surface area contributed by atoms with Crippen LogP contribution in [0.2, 0.25) is 5.02 Å². The molecule has 0 saturated carbocycles. The molecule has 0 N–H and O–H groups in total. The molecule has 0 bridgehead atoms. The summed E-state index contributed by atoms with van der Waals surface area (Å²) in [6.07, 6.45) is 5.85. The zero-order chi connectivity index (χ0) is 10.6. The summed E-state index contributed by atoms with van der Waals surface area (Å²) in [5.74, 6) is 0.661. The molecule has 1 aromatic rings. The van der Waals surface area contributed by atoms with E-state index in [0.29, 0.717) is 5.88 Å². The average Bonchev–Trinajstić information content (AvgIpc) is 2.38. The van der Waals surface area contributed by atoms with Gasteiger partial charge in [0.25, 0.3) is 0 Å². The van der Waals surface area contributed by atoms with Gasteiger partial charge in [0.1, 0.15) is 0 Å². The lowest BCUT2D eigenvalue weighted by Gasteiger charge is -1.97. The molecule has 1 heterocycles. The van der Waals surface area contributed by atoms with Crippen molar-refractivity contribution in [3.8, 4) is 0 Å². The van der Waals surface area contributed by atoms with E-state index in [0.717, 1.165) is 29.3 Å². The highest BCUT2D eigenvalue weighted by Crippen LogP contribution is 2.19. The number of aryl methyl sites for hydroxylation is 2.